The summed E-state index contributed by atoms with van der Waals surface area (Å²) in [6.07, 6.45) is 2.12. The van der Waals surface area contributed by atoms with Gasteiger partial charge in [-0.1, -0.05) is 26.7 Å². The first kappa shape index (κ1) is 11.0. The fourth-order valence-corrected chi connectivity index (χ4v) is 0.970. The first-order valence-corrected chi connectivity index (χ1v) is 4.38. The molecule has 0 unspecified atom stereocenters. The van der Waals surface area contributed by atoms with Crippen molar-refractivity contribution in [2.45, 2.75) is 33.1 Å². The quantitative estimate of drug-likeness (QED) is 0.675. The minimum atomic E-state index is -0.163. The van der Waals surface area contributed by atoms with Crippen LogP contribution in [-0.4, -0.2) is 12.5 Å². The molecule has 0 aliphatic carbocycles. The Kier molecular flexibility index (Phi) is 6.08. The fourth-order valence-electron chi connectivity index (χ4n) is 0.970. The highest BCUT2D eigenvalue weighted by Gasteiger charge is 2.05. The van der Waals surface area contributed by atoms with E-state index < -0.39 is 0 Å². The zero-order valence-electron chi connectivity index (χ0n) is 7.76. The molecule has 1 amide bonds. The Morgan fingerprint density at radius 3 is 2.50 bits per heavy atom. The van der Waals surface area contributed by atoms with Crippen molar-refractivity contribution in [3.63, 3.8) is 0 Å². The predicted molar refractivity (Wildman–Crippen MR) is 47.3 cm³/mol. The molecule has 3 heteroatoms. The zero-order valence-corrected chi connectivity index (χ0v) is 7.76. The van der Waals surface area contributed by atoms with Gasteiger partial charge in [0, 0.05) is 6.54 Å². The Balaban J connectivity index is 3.53. The molecule has 0 heterocycles. The summed E-state index contributed by atoms with van der Waals surface area (Å²) in [5.41, 5.74) is 0. The Bertz CT molecular complexity index is 168. The van der Waals surface area contributed by atoms with Crippen molar-refractivity contribution >= 4 is 5.91 Å². The molecule has 0 saturated carbocycles. The van der Waals surface area contributed by atoms with Crippen molar-refractivity contribution in [2.24, 2.45) is 5.92 Å². The number of amides is 1. The summed E-state index contributed by atoms with van der Waals surface area (Å²) >= 11 is 0. The predicted octanol–water partition coefficient (Wildman–Crippen LogP) is 1.45. The van der Waals surface area contributed by atoms with Gasteiger partial charge in [-0.25, -0.2) is 0 Å². The maximum absolute atomic E-state index is 10.8. The van der Waals surface area contributed by atoms with Crippen molar-refractivity contribution in [3.8, 4) is 6.07 Å². The molecule has 12 heavy (non-hydrogen) atoms. The van der Waals surface area contributed by atoms with E-state index in [1.54, 1.807) is 0 Å². The van der Waals surface area contributed by atoms with Crippen LogP contribution < -0.4 is 5.32 Å². The molecule has 0 rings (SSSR count). The van der Waals surface area contributed by atoms with Gasteiger partial charge in [0.2, 0.25) is 5.91 Å². The number of carbonyl (C=O) groups is 1. The van der Waals surface area contributed by atoms with Gasteiger partial charge >= 0.3 is 0 Å². The molecular formula is C9H16N2O. The summed E-state index contributed by atoms with van der Waals surface area (Å²) < 4.78 is 0. The number of hydrogen-bond donors (Lipinski definition) is 1. The van der Waals surface area contributed by atoms with E-state index in [-0.39, 0.29) is 12.3 Å². The molecule has 0 aromatic carbocycles. The van der Waals surface area contributed by atoms with Crippen LogP contribution in [0, 0.1) is 17.2 Å². The Morgan fingerprint density at radius 2 is 2.08 bits per heavy atom. The topological polar surface area (TPSA) is 52.9 Å². The monoisotopic (exact) mass is 168 g/mol. The third-order valence-corrected chi connectivity index (χ3v) is 1.98. The van der Waals surface area contributed by atoms with Crippen molar-refractivity contribution in [2.75, 3.05) is 6.54 Å². The van der Waals surface area contributed by atoms with E-state index in [2.05, 4.69) is 19.2 Å². The van der Waals surface area contributed by atoms with Crippen LogP contribution in [0.3, 0.4) is 0 Å². The highest BCUT2D eigenvalue weighted by molar-refractivity contribution is 5.77. The number of hydrogen-bond acceptors (Lipinski definition) is 2. The summed E-state index contributed by atoms with van der Waals surface area (Å²) in [4.78, 5) is 10.8. The molecule has 0 fully saturated rings. The van der Waals surface area contributed by atoms with Crippen LogP contribution in [0.25, 0.3) is 0 Å². The normalized spacial score (nSPS) is 9.50. The molecular weight excluding hydrogens is 152 g/mol. The van der Waals surface area contributed by atoms with Gasteiger partial charge in [-0.05, 0) is 5.92 Å². The van der Waals surface area contributed by atoms with E-state index in [9.17, 15) is 4.79 Å². The van der Waals surface area contributed by atoms with Gasteiger partial charge < -0.3 is 5.32 Å². The van der Waals surface area contributed by atoms with Crippen LogP contribution in [0.1, 0.15) is 33.1 Å². The minimum Gasteiger partial charge on any atom is -0.355 e. The van der Waals surface area contributed by atoms with Crippen molar-refractivity contribution in [3.05, 3.63) is 0 Å². The molecule has 0 aromatic heterocycles. The lowest BCUT2D eigenvalue weighted by Gasteiger charge is -2.11. The molecule has 3 nitrogen and oxygen atoms in total. The second kappa shape index (κ2) is 6.66. The highest BCUT2D eigenvalue weighted by Crippen LogP contribution is 2.04. The zero-order chi connectivity index (χ0) is 9.40. The summed E-state index contributed by atoms with van der Waals surface area (Å²) in [7, 11) is 0. The average molecular weight is 168 g/mol. The second-order valence-electron chi connectivity index (χ2n) is 2.82. The Hall–Kier alpha value is -1.04. The van der Waals surface area contributed by atoms with Crippen LogP contribution in [-0.2, 0) is 4.79 Å². The smallest absolute Gasteiger partial charge is 0.234 e. The number of rotatable bonds is 5. The summed E-state index contributed by atoms with van der Waals surface area (Å²) in [6.45, 7) is 4.91. The molecule has 0 aromatic rings. The van der Waals surface area contributed by atoms with Crippen LogP contribution in [0.15, 0.2) is 0 Å². The molecule has 68 valence electrons. The third kappa shape index (κ3) is 4.73. The van der Waals surface area contributed by atoms with Gasteiger partial charge in [-0.3, -0.25) is 4.79 Å². The first-order valence-electron chi connectivity index (χ1n) is 4.38. The van der Waals surface area contributed by atoms with Crippen LogP contribution >= 0.6 is 0 Å². The van der Waals surface area contributed by atoms with Gasteiger partial charge in [0.1, 0.15) is 6.42 Å². The minimum absolute atomic E-state index is 0.0276. The van der Waals surface area contributed by atoms with Gasteiger partial charge in [0.05, 0.1) is 6.07 Å². The lowest BCUT2D eigenvalue weighted by molar-refractivity contribution is -0.120. The maximum Gasteiger partial charge on any atom is 0.234 e. The summed E-state index contributed by atoms with van der Waals surface area (Å²) in [5.74, 6) is 0.386. The van der Waals surface area contributed by atoms with E-state index in [0.29, 0.717) is 12.5 Å². The number of carbonyl (C=O) groups excluding carboxylic acids is 1. The summed E-state index contributed by atoms with van der Waals surface area (Å²) in [5, 5.41) is 10.9. The van der Waals surface area contributed by atoms with Crippen molar-refractivity contribution < 1.29 is 4.79 Å². The molecule has 0 spiro atoms. The van der Waals surface area contributed by atoms with Gasteiger partial charge in [-0.15, -0.1) is 0 Å². The number of nitrogens with zero attached hydrogens (tertiary/aromatic N) is 1. The van der Waals surface area contributed by atoms with Crippen LogP contribution in [0.4, 0.5) is 0 Å². The maximum atomic E-state index is 10.8. The average Bonchev–Trinajstić information content (AvgIpc) is 2.07. The van der Waals surface area contributed by atoms with E-state index >= 15 is 0 Å². The fraction of sp³-hybridized carbons (Fsp3) is 0.778. The van der Waals surface area contributed by atoms with Crippen LogP contribution in [0.5, 0.6) is 0 Å². The standard InChI is InChI=1S/C9H16N2O/c1-3-8(4-2)7-11-9(12)5-6-10/h8H,3-5,7H2,1-2H3,(H,11,12). The highest BCUT2D eigenvalue weighted by atomic mass is 16.1. The molecule has 0 bridgehead atoms. The molecule has 0 radical (unpaired) electrons. The van der Waals surface area contributed by atoms with Gasteiger partial charge in [0.25, 0.3) is 0 Å². The molecule has 0 saturated heterocycles. The third-order valence-electron chi connectivity index (χ3n) is 1.98. The van der Waals surface area contributed by atoms with E-state index in [4.69, 9.17) is 5.26 Å². The number of nitrogens with one attached hydrogen (secondary N) is 1. The Morgan fingerprint density at radius 1 is 1.50 bits per heavy atom. The largest absolute Gasteiger partial charge is 0.355 e. The van der Waals surface area contributed by atoms with E-state index in [0.717, 1.165) is 12.8 Å². The molecule has 0 aliphatic heterocycles. The van der Waals surface area contributed by atoms with Crippen molar-refractivity contribution in [1.29, 1.82) is 5.26 Å². The molecule has 1 N–H and O–H groups in total. The van der Waals surface area contributed by atoms with Gasteiger partial charge in [-0.2, -0.15) is 5.26 Å². The molecule has 0 aliphatic rings. The van der Waals surface area contributed by atoms with Crippen molar-refractivity contribution in [1.82, 2.24) is 5.32 Å². The van der Waals surface area contributed by atoms with Crippen LogP contribution in [0.2, 0.25) is 0 Å². The lowest BCUT2D eigenvalue weighted by Crippen LogP contribution is -2.28. The summed E-state index contributed by atoms with van der Waals surface area (Å²) in [6, 6.07) is 1.82. The molecule has 0 atom stereocenters. The number of nitriles is 1. The lowest BCUT2D eigenvalue weighted by atomic mass is 10.0. The van der Waals surface area contributed by atoms with Gasteiger partial charge in [0.15, 0.2) is 0 Å². The van der Waals surface area contributed by atoms with E-state index in [1.807, 2.05) is 6.07 Å². The second-order valence-corrected chi connectivity index (χ2v) is 2.82. The Labute approximate surface area is 73.8 Å². The first-order chi connectivity index (χ1) is 5.74. The van der Waals surface area contributed by atoms with E-state index in [1.165, 1.54) is 0 Å². The SMILES string of the molecule is CCC(CC)CNC(=O)CC#N.